The van der Waals surface area contributed by atoms with Gasteiger partial charge in [0.25, 0.3) is 0 Å². The number of aliphatic hydroxyl groups excluding tert-OH is 1. The summed E-state index contributed by atoms with van der Waals surface area (Å²) in [6.45, 7) is 1.05. The Bertz CT molecular complexity index is 187. The van der Waals surface area contributed by atoms with E-state index in [2.05, 4.69) is 5.32 Å². The third-order valence-corrected chi connectivity index (χ3v) is 4.39. The maximum atomic E-state index is 9.91. The first kappa shape index (κ1) is 12.4. The van der Waals surface area contributed by atoms with Gasteiger partial charge in [-0.2, -0.15) is 0 Å². The third-order valence-electron chi connectivity index (χ3n) is 4.39. The van der Waals surface area contributed by atoms with Crippen molar-refractivity contribution in [2.24, 2.45) is 5.92 Å². The Morgan fingerprint density at radius 1 is 0.812 bits per heavy atom. The van der Waals surface area contributed by atoms with Crippen molar-refractivity contribution < 1.29 is 5.11 Å². The maximum absolute atomic E-state index is 9.91. The smallest absolute Gasteiger partial charge is 0.0580 e. The lowest BCUT2D eigenvalue weighted by Gasteiger charge is -2.29. The Hall–Kier alpha value is -0.0800. The summed E-state index contributed by atoms with van der Waals surface area (Å²) in [6, 6.07) is 0.733. The Morgan fingerprint density at radius 3 is 2.12 bits per heavy atom. The zero-order valence-electron chi connectivity index (χ0n) is 10.5. The van der Waals surface area contributed by atoms with Gasteiger partial charge in [-0.1, -0.05) is 38.5 Å². The minimum absolute atomic E-state index is 0.0352. The minimum Gasteiger partial charge on any atom is -0.393 e. The summed E-state index contributed by atoms with van der Waals surface area (Å²) in [7, 11) is 0. The second-order valence-corrected chi connectivity index (χ2v) is 5.71. The molecule has 2 saturated carbocycles. The molecule has 2 nitrogen and oxygen atoms in total. The maximum Gasteiger partial charge on any atom is 0.0580 e. The van der Waals surface area contributed by atoms with E-state index < -0.39 is 0 Å². The summed E-state index contributed by atoms with van der Waals surface area (Å²) >= 11 is 0. The Kier molecular flexibility index (Phi) is 5.11. The first-order valence-corrected chi connectivity index (χ1v) is 7.28. The standard InChI is InChI=1S/C14H27NO/c16-14-10-6-5-7-12(14)11-15-13-8-3-1-2-4-9-13/h12-16H,1-11H2. The van der Waals surface area contributed by atoms with E-state index in [0.29, 0.717) is 5.92 Å². The van der Waals surface area contributed by atoms with Crippen molar-refractivity contribution in [1.29, 1.82) is 0 Å². The molecule has 2 rings (SSSR count). The molecule has 2 heteroatoms. The van der Waals surface area contributed by atoms with Crippen molar-refractivity contribution in [3.63, 3.8) is 0 Å². The van der Waals surface area contributed by atoms with Crippen LogP contribution in [0, 0.1) is 5.92 Å². The quantitative estimate of drug-likeness (QED) is 0.724. The number of rotatable bonds is 3. The number of aliphatic hydroxyl groups is 1. The van der Waals surface area contributed by atoms with E-state index in [-0.39, 0.29) is 6.10 Å². The molecule has 2 atom stereocenters. The number of nitrogens with one attached hydrogen (secondary N) is 1. The molecule has 0 saturated heterocycles. The van der Waals surface area contributed by atoms with Gasteiger partial charge in [0.1, 0.15) is 0 Å². The predicted molar refractivity (Wildman–Crippen MR) is 67.5 cm³/mol. The molecule has 0 aromatic heterocycles. The van der Waals surface area contributed by atoms with Gasteiger partial charge in [0, 0.05) is 12.6 Å². The fourth-order valence-corrected chi connectivity index (χ4v) is 3.23. The first-order chi connectivity index (χ1) is 7.86. The largest absolute Gasteiger partial charge is 0.393 e. The molecule has 0 aromatic carbocycles. The molecule has 0 aliphatic heterocycles. The van der Waals surface area contributed by atoms with Gasteiger partial charge in [0.2, 0.25) is 0 Å². The molecule has 16 heavy (non-hydrogen) atoms. The van der Waals surface area contributed by atoms with Crippen LogP contribution in [-0.2, 0) is 0 Å². The highest BCUT2D eigenvalue weighted by molar-refractivity contribution is 4.79. The van der Waals surface area contributed by atoms with Crippen LogP contribution in [0.5, 0.6) is 0 Å². The molecule has 0 aromatic rings. The fourth-order valence-electron chi connectivity index (χ4n) is 3.23. The molecule has 2 fully saturated rings. The molecule has 2 N–H and O–H groups in total. The molecule has 0 bridgehead atoms. The van der Waals surface area contributed by atoms with E-state index in [1.54, 1.807) is 0 Å². The molecule has 0 heterocycles. The van der Waals surface area contributed by atoms with Crippen molar-refractivity contribution >= 4 is 0 Å². The van der Waals surface area contributed by atoms with Crippen molar-refractivity contribution in [3.8, 4) is 0 Å². The van der Waals surface area contributed by atoms with Crippen LogP contribution in [0.1, 0.15) is 64.2 Å². The van der Waals surface area contributed by atoms with E-state index in [0.717, 1.165) is 19.0 Å². The average Bonchev–Trinajstić information content (AvgIpc) is 2.56. The van der Waals surface area contributed by atoms with Gasteiger partial charge in [-0.15, -0.1) is 0 Å². The van der Waals surface area contributed by atoms with E-state index in [4.69, 9.17) is 0 Å². The summed E-state index contributed by atoms with van der Waals surface area (Å²) in [5, 5.41) is 13.6. The van der Waals surface area contributed by atoms with Crippen LogP contribution in [0.25, 0.3) is 0 Å². The summed E-state index contributed by atoms with van der Waals surface area (Å²) < 4.78 is 0. The number of hydrogen-bond donors (Lipinski definition) is 2. The Labute approximate surface area is 99.8 Å². The van der Waals surface area contributed by atoms with Gasteiger partial charge in [0.15, 0.2) is 0 Å². The van der Waals surface area contributed by atoms with Gasteiger partial charge in [-0.05, 0) is 31.6 Å². The zero-order chi connectivity index (χ0) is 11.2. The second-order valence-electron chi connectivity index (χ2n) is 5.71. The highest BCUT2D eigenvalue weighted by Crippen LogP contribution is 2.24. The second kappa shape index (κ2) is 6.61. The highest BCUT2D eigenvalue weighted by Gasteiger charge is 2.23. The van der Waals surface area contributed by atoms with Gasteiger partial charge in [-0.25, -0.2) is 0 Å². The van der Waals surface area contributed by atoms with Crippen molar-refractivity contribution in [2.45, 2.75) is 76.4 Å². The molecule has 0 radical (unpaired) electrons. The van der Waals surface area contributed by atoms with E-state index in [1.165, 1.54) is 57.8 Å². The van der Waals surface area contributed by atoms with Crippen LogP contribution >= 0.6 is 0 Å². The summed E-state index contributed by atoms with van der Waals surface area (Å²) in [6.07, 6.45) is 13.1. The van der Waals surface area contributed by atoms with Crippen molar-refractivity contribution in [2.75, 3.05) is 6.54 Å². The van der Waals surface area contributed by atoms with Crippen LogP contribution in [0.2, 0.25) is 0 Å². The van der Waals surface area contributed by atoms with Gasteiger partial charge in [-0.3, -0.25) is 0 Å². The highest BCUT2D eigenvalue weighted by atomic mass is 16.3. The predicted octanol–water partition coefficient (Wildman–Crippen LogP) is 2.85. The normalized spacial score (nSPS) is 33.6. The van der Waals surface area contributed by atoms with Crippen LogP contribution in [0.4, 0.5) is 0 Å². The molecule has 0 amide bonds. The molecule has 2 aliphatic rings. The van der Waals surface area contributed by atoms with Crippen LogP contribution < -0.4 is 5.32 Å². The molecule has 0 spiro atoms. The Morgan fingerprint density at radius 2 is 1.44 bits per heavy atom. The lowest BCUT2D eigenvalue weighted by Crippen LogP contribution is -2.38. The van der Waals surface area contributed by atoms with E-state index in [9.17, 15) is 5.11 Å². The molecule has 2 aliphatic carbocycles. The topological polar surface area (TPSA) is 32.3 Å². The van der Waals surface area contributed by atoms with Crippen LogP contribution in [0.3, 0.4) is 0 Å². The molecular weight excluding hydrogens is 198 g/mol. The molecule has 94 valence electrons. The zero-order valence-corrected chi connectivity index (χ0v) is 10.5. The monoisotopic (exact) mass is 225 g/mol. The van der Waals surface area contributed by atoms with E-state index >= 15 is 0 Å². The lowest BCUT2D eigenvalue weighted by atomic mass is 9.86. The average molecular weight is 225 g/mol. The van der Waals surface area contributed by atoms with Crippen molar-refractivity contribution in [1.82, 2.24) is 5.32 Å². The summed E-state index contributed by atoms with van der Waals surface area (Å²) in [5.41, 5.74) is 0. The Balaban J connectivity index is 1.68. The molecular formula is C14H27NO. The van der Waals surface area contributed by atoms with Gasteiger partial charge >= 0.3 is 0 Å². The first-order valence-electron chi connectivity index (χ1n) is 7.28. The van der Waals surface area contributed by atoms with Crippen LogP contribution in [-0.4, -0.2) is 23.8 Å². The lowest BCUT2D eigenvalue weighted by molar-refractivity contribution is 0.0678. The van der Waals surface area contributed by atoms with Crippen LogP contribution in [0.15, 0.2) is 0 Å². The third kappa shape index (κ3) is 3.74. The fraction of sp³-hybridized carbons (Fsp3) is 1.00. The van der Waals surface area contributed by atoms with Gasteiger partial charge < -0.3 is 10.4 Å². The van der Waals surface area contributed by atoms with Gasteiger partial charge in [0.05, 0.1) is 6.10 Å². The van der Waals surface area contributed by atoms with Crippen molar-refractivity contribution in [3.05, 3.63) is 0 Å². The number of hydrogen-bond acceptors (Lipinski definition) is 2. The minimum atomic E-state index is -0.0352. The SMILES string of the molecule is OC1CCCCC1CNC1CCCCCC1. The summed E-state index contributed by atoms with van der Waals surface area (Å²) in [4.78, 5) is 0. The van der Waals surface area contributed by atoms with E-state index in [1.807, 2.05) is 0 Å². The summed E-state index contributed by atoms with van der Waals surface area (Å²) in [5.74, 6) is 0.525. The molecule has 2 unspecified atom stereocenters.